The number of carbonyl (C=O) groups excluding carboxylic acids is 2. The van der Waals surface area contributed by atoms with E-state index in [0.29, 0.717) is 48.0 Å². The van der Waals surface area contributed by atoms with E-state index in [4.69, 9.17) is 20.8 Å². The highest BCUT2D eigenvalue weighted by Crippen LogP contribution is 2.29. The van der Waals surface area contributed by atoms with E-state index >= 15 is 0 Å². The zero-order chi connectivity index (χ0) is 22.0. The molecule has 1 N–H and O–H groups in total. The van der Waals surface area contributed by atoms with Crippen molar-refractivity contribution in [2.45, 2.75) is 64.5 Å². The Balaban J connectivity index is 1.31. The van der Waals surface area contributed by atoms with Gasteiger partial charge in [-0.25, -0.2) is 0 Å². The topological polar surface area (TPSA) is 71.8 Å². The summed E-state index contributed by atoms with van der Waals surface area (Å²) in [6, 6.07) is 7.33. The predicted octanol–water partition coefficient (Wildman–Crippen LogP) is 4.91. The molecule has 2 amide bonds. The Morgan fingerprint density at radius 3 is 2.42 bits per heavy atom. The molecule has 0 unspecified atom stereocenters. The maximum absolute atomic E-state index is 12.7. The van der Waals surface area contributed by atoms with Crippen LogP contribution in [0.3, 0.4) is 0 Å². The number of aryl methyl sites for hydroxylation is 2. The van der Waals surface area contributed by atoms with E-state index in [1.165, 1.54) is 12.8 Å². The van der Waals surface area contributed by atoms with Crippen molar-refractivity contribution in [2.75, 3.05) is 13.1 Å². The average molecular weight is 445 g/mol. The summed E-state index contributed by atoms with van der Waals surface area (Å²) in [5.41, 5.74) is 1.42. The quantitative estimate of drug-likeness (QED) is 0.711. The number of halogens is 1. The molecule has 1 aromatic heterocycles. The lowest BCUT2D eigenvalue weighted by atomic mass is 10.1. The van der Waals surface area contributed by atoms with E-state index in [0.717, 1.165) is 24.2 Å². The van der Waals surface area contributed by atoms with Gasteiger partial charge in [-0.3, -0.25) is 9.59 Å². The molecule has 6 nitrogen and oxygen atoms in total. The van der Waals surface area contributed by atoms with Crippen LogP contribution in [0.15, 0.2) is 28.7 Å². The highest BCUT2D eigenvalue weighted by Gasteiger charge is 2.28. The van der Waals surface area contributed by atoms with Gasteiger partial charge in [0.25, 0.3) is 11.8 Å². The van der Waals surface area contributed by atoms with Gasteiger partial charge in [0.1, 0.15) is 17.6 Å². The Morgan fingerprint density at radius 1 is 1.10 bits per heavy atom. The summed E-state index contributed by atoms with van der Waals surface area (Å²) in [7, 11) is 0. The van der Waals surface area contributed by atoms with E-state index in [2.05, 4.69) is 5.32 Å². The molecular formula is C24H29ClN2O4. The van der Waals surface area contributed by atoms with Crippen molar-refractivity contribution < 1.29 is 18.7 Å². The fourth-order valence-electron chi connectivity index (χ4n) is 4.43. The van der Waals surface area contributed by atoms with Crippen molar-refractivity contribution in [2.24, 2.45) is 0 Å². The summed E-state index contributed by atoms with van der Waals surface area (Å²) in [4.78, 5) is 27.0. The summed E-state index contributed by atoms with van der Waals surface area (Å²) in [6.45, 7) is 4.93. The molecular weight excluding hydrogens is 416 g/mol. The number of hydrogen-bond donors (Lipinski definition) is 1. The van der Waals surface area contributed by atoms with E-state index in [9.17, 15) is 9.59 Å². The number of hydrogen-bond acceptors (Lipinski definition) is 4. The summed E-state index contributed by atoms with van der Waals surface area (Å²) >= 11 is 6.41. The van der Waals surface area contributed by atoms with E-state index < -0.39 is 0 Å². The van der Waals surface area contributed by atoms with Crippen molar-refractivity contribution in [1.29, 1.82) is 0 Å². The lowest BCUT2D eigenvalue weighted by Crippen LogP contribution is -2.41. The van der Waals surface area contributed by atoms with Gasteiger partial charge in [0, 0.05) is 43.1 Å². The third kappa shape index (κ3) is 5.06. The van der Waals surface area contributed by atoms with Crippen LogP contribution in [0.2, 0.25) is 5.02 Å². The van der Waals surface area contributed by atoms with E-state index in [1.54, 1.807) is 18.2 Å². The monoisotopic (exact) mass is 444 g/mol. The SMILES string of the molecule is Cc1cc(C)c(C(=O)N2CCC(Oc3ccc(C(=O)NC4CCCC4)cc3Cl)CC2)o1. The van der Waals surface area contributed by atoms with Crippen LogP contribution in [0, 0.1) is 13.8 Å². The number of likely N-dealkylation sites (tertiary alicyclic amines) is 1. The zero-order valence-corrected chi connectivity index (χ0v) is 18.8. The normalized spacial score (nSPS) is 17.7. The number of rotatable bonds is 5. The van der Waals surface area contributed by atoms with Gasteiger partial charge in [-0.15, -0.1) is 0 Å². The second-order valence-electron chi connectivity index (χ2n) is 8.58. The highest BCUT2D eigenvalue weighted by atomic mass is 35.5. The van der Waals surface area contributed by atoms with Crippen LogP contribution in [-0.2, 0) is 0 Å². The maximum atomic E-state index is 12.7. The highest BCUT2D eigenvalue weighted by molar-refractivity contribution is 6.32. The molecule has 1 saturated carbocycles. The third-order valence-electron chi connectivity index (χ3n) is 6.14. The number of nitrogens with one attached hydrogen (secondary N) is 1. The molecule has 1 aliphatic heterocycles. The van der Waals surface area contributed by atoms with Crippen molar-refractivity contribution in [3.63, 3.8) is 0 Å². The van der Waals surface area contributed by atoms with Crippen LogP contribution >= 0.6 is 11.6 Å². The van der Waals surface area contributed by atoms with Gasteiger partial charge < -0.3 is 19.4 Å². The molecule has 1 aromatic carbocycles. The Bertz CT molecular complexity index is 956. The fraction of sp³-hybridized carbons (Fsp3) is 0.500. The first-order valence-corrected chi connectivity index (χ1v) is 11.4. The standard InChI is InChI=1S/C24H29ClN2O4/c1-15-13-16(2)30-22(15)24(29)27-11-9-19(10-12-27)31-21-8-7-17(14-20(21)25)23(28)26-18-5-3-4-6-18/h7-8,13-14,18-19H,3-6,9-12H2,1-2H3,(H,26,28). The minimum absolute atomic E-state index is 0.0286. The molecule has 2 aromatic rings. The average Bonchev–Trinajstić information content (AvgIpc) is 3.38. The van der Waals surface area contributed by atoms with Gasteiger partial charge in [-0.05, 0) is 51.0 Å². The van der Waals surface area contributed by atoms with Crippen LogP contribution in [0.25, 0.3) is 0 Å². The van der Waals surface area contributed by atoms with Crippen molar-refractivity contribution >= 4 is 23.4 Å². The number of furan rings is 1. The summed E-state index contributed by atoms with van der Waals surface area (Å²) in [6.07, 6.45) is 5.82. The predicted molar refractivity (Wildman–Crippen MR) is 119 cm³/mol. The number of benzene rings is 1. The van der Waals surface area contributed by atoms with Crippen LogP contribution in [-0.4, -0.2) is 41.9 Å². The lowest BCUT2D eigenvalue weighted by Gasteiger charge is -2.32. The number of carbonyl (C=O) groups is 2. The summed E-state index contributed by atoms with van der Waals surface area (Å²) < 4.78 is 11.7. The van der Waals surface area contributed by atoms with Crippen molar-refractivity contribution in [3.8, 4) is 5.75 Å². The molecule has 1 aliphatic carbocycles. The van der Waals surface area contributed by atoms with E-state index in [-0.39, 0.29) is 24.0 Å². The number of piperidine rings is 1. The molecule has 0 atom stereocenters. The summed E-state index contributed by atoms with van der Waals surface area (Å²) in [5.74, 6) is 1.58. The van der Waals surface area contributed by atoms with Crippen LogP contribution < -0.4 is 10.1 Å². The zero-order valence-electron chi connectivity index (χ0n) is 18.1. The molecule has 0 bridgehead atoms. The van der Waals surface area contributed by atoms with Gasteiger partial charge in [0.2, 0.25) is 0 Å². The maximum Gasteiger partial charge on any atom is 0.289 e. The Kier molecular flexibility index (Phi) is 6.56. The first kappa shape index (κ1) is 21.8. The third-order valence-corrected chi connectivity index (χ3v) is 6.44. The molecule has 31 heavy (non-hydrogen) atoms. The van der Waals surface area contributed by atoms with Gasteiger partial charge >= 0.3 is 0 Å². The molecule has 0 spiro atoms. The second kappa shape index (κ2) is 9.35. The molecule has 2 heterocycles. The molecule has 2 aliphatic rings. The fourth-order valence-corrected chi connectivity index (χ4v) is 4.66. The number of ether oxygens (including phenoxy) is 1. The molecule has 2 fully saturated rings. The van der Waals surface area contributed by atoms with Crippen LogP contribution in [0.5, 0.6) is 5.75 Å². The summed E-state index contributed by atoms with van der Waals surface area (Å²) in [5, 5.41) is 3.50. The van der Waals surface area contributed by atoms with Crippen LogP contribution in [0.1, 0.15) is 70.8 Å². The van der Waals surface area contributed by atoms with Gasteiger partial charge in [0.15, 0.2) is 5.76 Å². The van der Waals surface area contributed by atoms with Crippen molar-refractivity contribution in [1.82, 2.24) is 10.2 Å². The second-order valence-corrected chi connectivity index (χ2v) is 8.99. The van der Waals surface area contributed by atoms with Gasteiger partial charge in [-0.1, -0.05) is 24.4 Å². The first-order chi connectivity index (χ1) is 14.9. The minimum Gasteiger partial charge on any atom is -0.489 e. The van der Waals surface area contributed by atoms with Crippen molar-refractivity contribution in [3.05, 3.63) is 51.9 Å². The number of nitrogens with zero attached hydrogens (tertiary/aromatic N) is 1. The number of amides is 2. The minimum atomic E-state index is -0.0874. The Hall–Kier alpha value is -2.47. The van der Waals surface area contributed by atoms with E-state index in [1.807, 2.05) is 24.8 Å². The largest absolute Gasteiger partial charge is 0.489 e. The van der Waals surface area contributed by atoms with Gasteiger partial charge in [-0.2, -0.15) is 0 Å². The molecule has 0 radical (unpaired) electrons. The molecule has 166 valence electrons. The first-order valence-electron chi connectivity index (χ1n) is 11.0. The van der Waals surface area contributed by atoms with Gasteiger partial charge in [0.05, 0.1) is 5.02 Å². The Labute approximate surface area is 187 Å². The lowest BCUT2D eigenvalue weighted by molar-refractivity contribution is 0.0564. The molecule has 4 rings (SSSR count). The smallest absolute Gasteiger partial charge is 0.289 e. The molecule has 1 saturated heterocycles. The van der Waals surface area contributed by atoms with Crippen LogP contribution in [0.4, 0.5) is 0 Å². The molecule has 7 heteroatoms. The Morgan fingerprint density at radius 2 is 1.81 bits per heavy atom.